The van der Waals surface area contributed by atoms with Gasteiger partial charge in [-0.1, -0.05) is 34.6 Å². The van der Waals surface area contributed by atoms with Crippen LogP contribution in [-0.2, 0) is 15.0 Å². The summed E-state index contributed by atoms with van der Waals surface area (Å²) >= 11 is 1.37. The fraction of sp³-hybridized carbons (Fsp3) is 0.643. The van der Waals surface area contributed by atoms with Gasteiger partial charge in [-0.3, -0.25) is 9.59 Å². The van der Waals surface area contributed by atoms with E-state index in [0.29, 0.717) is 5.13 Å². The zero-order chi connectivity index (χ0) is 16.2. The summed E-state index contributed by atoms with van der Waals surface area (Å²) in [7, 11) is 0. The smallest absolute Gasteiger partial charge is 0.245 e. The topological polar surface area (TPSA) is 97.1 Å². The van der Waals surface area contributed by atoms with Crippen molar-refractivity contribution in [3.8, 4) is 0 Å². The molecule has 118 valence electrons. The van der Waals surface area contributed by atoms with E-state index < -0.39 is 6.04 Å². The zero-order valence-corrected chi connectivity index (χ0v) is 14.0. The first kappa shape index (κ1) is 17.6. The molecule has 1 aromatic rings. The van der Waals surface area contributed by atoms with Gasteiger partial charge in [0.15, 0.2) is 5.13 Å². The van der Waals surface area contributed by atoms with E-state index in [4.69, 9.17) is 5.73 Å². The summed E-state index contributed by atoms with van der Waals surface area (Å²) in [6, 6.07) is -0.606. The van der Waals surface area contributed by atoms with Gasteiger partial charge in [-0.25, -0.2) is 4.98 Å². The van der Waals surface area contributed by atoms with Crippen molar-refractivity contribution >= 4 is 28.3 Å². The molecule has 0 saturated carbocycles. The Labute approximate surface area is 129 Å². The minimum absolute atomic E-state index is 0.0290. The Kier molecular flexibility index (Phi) is 5.86. The van der Waals surface area contributed by atoms with Crippen LogP contribution in [0, 0.1) is 5.92 Å². The Morgan fingerprint density at radius 1 is 1.38 bits per heavy atom. The average Bonchev–Trinajstić information content (AvgIpc) is 2.83. The van der Waals surface area contributed by atoms with Crippen molar-refractivity contribution in [1.29, 1.82) is 0 Å². The van der Waals surface area contributed by atoms with Gasteiger partial charge in [-0.2, -0.15) is 0 Å². The van der Waals surface area contributed by atoms with E-state index in [1.807, 2.05) is 19.2 Å². The van der Waals surface area contributed by atoms with Gasteiger partial charge < -0.3 is 16.4 Å². The number of aromatic nitrogens is 1. The molecule has 21 heavy (non-hydrogen) atoms. The number of thiazole rings is 1. The number of carbonyl (C=O) groups is 2. The number of nitrogens with two attached hydrogens (primary N) is 1. The Balaban J connectivity index is 2.48. The molecule has 0 aromatic carbocycles. The number of carbonyl (C=O) groups excluding carboxylic acids is 2. The molecule has 0 saturated heterocycles. The largest absolute Gasteiger partial charge is 0.346 e. The molecule has 0 aliphatic rings. The standard InChI is InChI=1S/C14H24N4O2S/c1-8(2)11(15)12(20)16-6-10(19)18-13-17-9(7-21-13)14(3,4)5/h7-8,11H,6,15H2,1-5H3,(H,16,20)(H,17,18,19)/t11-/m0/s1. The van der Waals surface area contributed by atoms with Crippen LogP contribution in [0.25, 0.3) is 0 Å². The number of hydrogen-bond donors (Lipinski definition) is 3. The number of nitrogens with one attached hydrogen (secondary N) is 2. The predicted molar refractivity (Wildman–Crippen MR) is 85.3 cm³/mol. The third-order valence-electron chi connectivity index (χ3n) is 2.96. The Hall–Kier alpha value is -1.47. The fourth-order valence-corrected chi connectivity index (χ4v) is 2.38. The third-order valence-corrected chi connectivity index (χ3v) is 3.72. The maximum Gasteiger partial charge on any atom is 0.245 e. The van der Waals surface area contributed by atoms with E-state index in [9.17, 15) is 9.59 Å². The highest BCUT2D eigenvalue weighted by Gasteiger charge is 2.19. The summed E-state index contributed by atoms with van der Waals surface area (Å²) in [5, 5.41) is 7.65. The first-order valence-corrected chi connectivity index (χ1v) is 7.78. The van der Waals surface area contributed by atoms with Crippen LogP contribution in [0.4, 0.5) is 5.13 Å². The Bertz CT molecular complexity index is 505. The predicted octanol–water partition coefficient (Wildman–Crippen LogP) is 1.48. The van der Waals surface area contributed by atoms with Crippen LogP contribution >= 0.6 is 11.3 Å². The van der Waals surface area contributed by atoms with Crippen molar-refractivity contribution in [2.45, 2.75) is 46.1 Å². The molecule has 0 unspecified atom stereocenters. The minimum atomic E-state index is -0.606. The van der Waals surface area contributed by atoms with E-state index in [1.165, 1.54) is 11.3 Å². The molecule has 0 aliphatic heterocycles. The van der Waals surface area contributed by atoms with Gasteiger partial charge in [0, 0.05) is 10.8 Å². The van der Waals surface area contributed by atoms with E-state index in [2.05, 4.69) is 36.4 Å². The first-order chi connectivity index (χ1) is 9.61. The van der Waals surface area contributed by atoms with Crippen LogP contribution in [0.5, 0.6) is 0 Å². The average molecular weight is 312 g/mol. The van der Waals surface area contributed by atoms with Gasteiger partial charge in [0.05, 0.1) is 18.3 Å². The maximum atomic E-state index is 11.8. The third kappa shape index (κ3) is 5.43. The fourth-order valence-electron chi connectivity index (χ4n) is 1.43. The highest BCUT2D eigenvalue weighted by molar-refractivity contribution is 7.13. The van der Waals surface area contributed by atoms with Crippen LogP contribution in [-0.4, -0.2) is 29.4 Å². The lowest BCUT2D eigenvalue weighted by Crippen LogP contribution is -2.46. The Morgan fingerprint density at radius 3 is 2.48 bits per heavy atom. The minimum Gasteiger partial charge on any atom is -0.346 e. The summed E-state index contributed by atoms with van der Waals surface area (Å²) in [5.41, 5.74) is 6.56. The number of amides is 2. The summed E-state index contributed by atoms with van der Waals surface area (Å²) in [4.78, 5) is 27.8. The molecular weight excluding hydrogens is 288 g/mol. The van der Waals surface area contributed by atoms with Crippen molar-refractivity contribution in [2.24, 2.45) is 11.7 Å². The second kappa shape index (κ2) is 7.00. The number of nitrogens with zero attached hydrogens (tertiary/aromatic N) is 1. The van der Waals surface area contributed by atoms with Crippen molar-refractivity contribution in [2.75, 3.05) is 11.9 Å². The van der Waals surface area contributed by atoms with Gasteiger partial charge in [0.25, 0.3) is 0 Å². The van der Waals surface area contributed by atoms with Crippen molar-refractivity contribution in [1.82, 2.24) is 10.3 Å². The monoisotopic (exact) mass is 312 g/mol. The molecule has 0 radical (unpaired) electrons. The van der Waals surface area contributed by atoms with Gasteiger partial charge in [-0.15, -0.1) is 11.3 Å². The summed E-state index contributed by atoms with van der Waals surface area (Å²) in [6.07, 6.45) is 0. The molecule has 1 rings (SSSR count). The van der Waals surface area contributed by atoms with Crippen molar-refractivity contribution in [3.63, 3.8) is 0 Å². The molecule has 4 N–H and O–H groups in total. The number of anilines is 1. The first-order valence-electron chi connectivity index (χ1n) is 6.90. The molecule has 6 nitrogen and oxygen atoms in total. The normalized spacial score (nSPS) is 13.1. The summed E-state index contributed by atoms with van der Waals surface area (Å²) < 4.78 is 0. The van der Waals surface area contributed by atoms with Crippen molar-refractivity contribution < 1.29 is 9.59 Å². The lowest BCUT2D eigenvalue weighted by molar-refractivity contribution is -0.125. The second-order valence-corrected chi connectivity index (χ2v) is 7.18. The van der Waals surface area contributed by atoms with Crippen LogP contribution in [0.1, 0.15) is 40.3 Å². The quantitative estimate of drug-likeness (QED) is 0.767. The van der Waals surface area contributed by atoms with Crippen LogP contribution < -0.4 is 16.4 Å². The van der Waals surface area contributed by atoms with E-state index in [0.717, 1.165) is 5.69 Å². The number of rotatable bonds is 5. The van der Waals surface area contributed by atoms with Crippen molar-refractivity contribution in [3.05, 3.63) is 11.1 Å². The number of hydrogen-bond acceptors (Lipinski definition) is 5. The lowest BCUT2D eigenvalue weighted by Gasteiger charge is -2.15. The molecule has 0 spiro atoms. The van der Waals surface area contributed by atoms with Gasteiger partial charge >= 0.3 is 0 Å². The molecule has 0 fully saturated rings. The molecule has 1 heterocycles. The Morgan fingerprint density at radius 2 is 2.00 bits per heavy atom. The highest BCUT2D eigenvalue weighted by Crippen LogP contribution is 2.26. The molecule has 1 aromatic heterocycles. The highest BCUT2D eigenvalue weighted by atomic mass is 32.1. The van der Waals surface area contributed by atoms with E-state index >= 15 is 0 Å². The molecule has 1 atom stereocenters. The molecule has 0 bridgehead atoms. The summed E-state index contributed by atoms with van der Waals surface area (Å²) in [6.45, 7) is 9.77. The SMILES string of the molecule is CC(C)[C@H](N)C(=O)NCC(=O)Nc1nc(C(C)(C)C)cs1. The van der Waals surface area contributed by atoms with E-state index in [1.54, 1.807) is 0 Å². The van der Waals surface area contributed by atoms with E-state index in [-0.39, 0.29) is 29.7 Å². The summed E-state index contributed by atoms with van der Waals surface area (Å²) in [5.74, 6) is -0.606. The molecule has 7 heteroatoms. The van der Waals surface area contributed by atoms with Crippen LogP contribution in [0.2, 0.25) is 0 Å². The second-order valence-electron chi connectivity index (χ2n) is 6.32. The molecular formula is C14H24N4O2S. The van der Waals surface area contributed by atoms with Crippen LogP contribution in [0.3, 0.4) is 0 Å². The van der Waals surface area contributed by atoms with Gasteiger partial charge in [-0.05, 0) is 5.92 Å². The van der Waals surface area contributed by atoms with Gasteiger partial charge in [0.2, 0.25) is 11.8 Å². The lowest BCUT2D eigenvalue weighted by atomic mass is 9.93. The maximum absolute atomic E-state index is 11.8. The molecule has 2 amide bonds. The van der Waals surface area contributed by atoms with Gasteiger partial charge in [0.1, 0.15) is 0 Å². The molecule has 0 aliphatic carbocycles. The zero-order valence-electron chi connectivity index (χ0n) is 13.2. The van der Waals surface area contributed by atoms with Crippen LogP contribution in [0.15, 0.2) is 5.38 Å².